The van der Waals surface area contributed by atoms with E-state index in [4.69, 9.17) is 18.4 Å². The normalized spacial score (nSPS) is 12.7. The van der Waals surface area contributed by atoms with Gasteiger partial charge in [-0.3, -0.25) is 4.18 Å². The van der Waals surface area contributed by atoms with Gasteiger partial charge in [0.2, 0.25) is 0 Å². The molecule has 1 unspecified atom stereocenters. The Hall–Kier alpha value is -1.48. The number of unbranched alkanes of at least 4 members (excludes halogenated alkanes) is 3. The number of rotatable bonds is 15. The SMILES string of the molecule is CCCCCCC(C)OS(=O)(=O)c1ccccc1C(=O)OCCOCCOC. The summed E-state index contributed by atoms with van der Waals surface area (Å²) in [6.07, 6.45) is 4.35. The summed E-state index contributed by atoms with van der Waals surface area (Å²) in [7, 11) is -2.50. The maximum Gasteiger partial charge on any atom is 0.339 e. The molecule has 8 heteroatoms. The van der Waals surface area contributed by atoms with Gasteiger partial charge in [-0.1, -0.05) is 44.7 Å². The van der Waals surface area contributed by atoms with Crippen LogP contribution < -0.4 is 0 Å². The fourth-order valence-electron chi connectivity index (χ4n) is 2.54. The van der Waals surface area contributed by atoms with Gasteiger partial charge < -0.3 is 14.2 Å². The van der Waals surface area contributed by atoms with E-state index in [2.05, 4.69) is 6.92 Å². The van der Waals surface area contributed by atoms with Crippen LogP contribution in [-0.2, 0) is 28.5 Å². The number of hydrogen-bond acceptors (Lipinski definition) is 7. The summed E-state index contributed by atoms with van der Waals surface area (Å²) < 4.78 is 45.7. The molecule has 160 valence electrons. The van der Waals surface area contributed by atoms with Gasteiger partial charge in [0.1, 0.15) is 11.5 Å². The minimum atomic E-state index is -4.07. The standard InChI is InChI=1S/C20H32O7S/c1-4-5-6-7-10-17(2)27-28(22,23)19-12-9-8-11-18(19)20(21)26-16-15-25-14-13-24-3/h8-9,11-12,17H,4-7,10,13-16H2,1-3H3. The molecule has 0 bridgehead atoms. The average Bonchev–Trinajstić information content (AvgIpc) is 2.67. The van der Waals surface area contributed by atoms with Gasteiger partial charge in [0.05, 0.1) is 31.5 Å². The molecule has 0 saturated carbocycles. The summed E-state index contributed by atoms with van der Waals surface area (Å²) >= 11 is 0. The minimum Gasteiger partial charge on any atom is -0.460 e. The molecule has 0 aliphatic rings. The molecule has 1 aromatic carbocycles. The van der Waals surface area contributed by atoms with Gasteiger partial charge in [-0.05, 0) is 25.5 Å². The van der Waals surface area contributed by atoms with Gasteiger partial charge in [-0.15, -0.1) is 0 Å². The number of benzene rings is 1. The van der Waals surface area contributed by atoms with Crippen molar-refractivity contribution in [1.82, 2.24) is 0 Å². The van der Waals surface area contributed by atoms with Gasteiger partial charge in [0.25, 0.3) is 10.1 Å². The number of carbonyl (C=O) groups excluding carboxylic acids is 1. The molecule has 0 aliphatic heterocycles. The summed E-state index contributed by atoms with van der Waals surface area (Å²) in [5.41, 5.74) is -0.0439. The molecular formula is C20H32O7S. The summed E-state index contributed by atoms with van der Waals surface area (Å²) in [5, 5.41) is 0. The van der Waals surface area contributed by atoms with Crippen molar-refractivity contribution >= 4 is 16.1 Å². The molecule has 0 N–H and O–H groups in total. The Morgan fingerprint density at radius 3 is 2.46 bits per heavy atom. The lowest BCUT2D eigenvalue weighted by atomic mass is 10.1. The lowest BCUT2D eigenvalue weighted by molar-refractivity contribution is 0.0210. The van der Waals surface area contributed by atoms with E-state index in [1.54, 1.807) is 26.2 Å². The second-order valence-electron chi connectivity index (χ2n) is 6.45. The summed E-state index contributed by atoms with van der Waals surface area (Å²) in [5.74, 6) is -0.728. The van der Waals surface area contributed by atoms with Crippen molar-refractivity contribution in [3.8, 4) is 0 Å². The van der Waals surface area contributed by atoms with Gasteiger partial charge in [0.15, 0.2) is 0 Å². The van der Waals surface area contributed by atoms with E-state index in [1.807, 2.05) is 0 Å². The quantitative estimate of drug-likeness (QED) is 0.245. The predicted molar refractivity (Wildman–Crippen MR) is 106 cm³/mol. The Morgan fingerprint density at radius 1 is 1.04 bits per heavy atom. The first-order chi connectivity index (χ1) is 13.4. The van der Waals surface area contributed by atoms with E-state index in [-0.39, 0.29) is 23.7 Å². The fraction of sp³-hybridized carbons (Fsp3) is 0.650. The minimum absolute atomic E-state index is 0.0195. The monoisotopic (exact) mass is 416 g/mol. The third-order valence-electron chi connectivity index (χ3n) is 4.02. The fourth-order valence-corrected chi connectivity index (χ4v) is 3.84. The maximum atomic E-state index is 12.6. The number of carbonyl (C=O) groups is 1. The molecule has 0 aromatic heterocycles. The zero-order valence-corrected chi connectivity index (χ0v) is 17.8. The number of esters is 1. The van der Waals surface area contributed by atoms with Crippen LogP contribution in [0.3, 0.4) is 0 Å². The van der Waals surface area contributed by atoms with Gasteiger partial charge in [-0.2, -0.15) is 8.42 Å². The van der Waals surface area contributed by atoms with Crippen molar-refractivity contribution in [3.63, 3.8) is 0 Å². The smallest absolute Gasteiger partial charge is 0.339 e. The molecule has 0 saturated heterocycles. The van der Waals surface area contributed by atoms with Crippen LogP contribution in [-0.4, -0.2) is 54.0 Å². The Morgan fingerprint density at radius 2 is 1.75 bits per heavy atom. The Kier molecular flexibility index (Phi) is 12.0. The van der Waals surface area contributed by atoms with Crippen molar-refractivity contribution in [2.24, 2.45) is 0 Å². The molecule has 1 rings (SSSR count). The second kappa shape index (κ2) is 13.7. The van der Waals surface area contributed by atoms with E-state index >= 15 is 0 Å². The van der Waals surface area contributed by atoms with E-state index in [0.29, 0.717) is 19.6 Å². The highest BCUT2D eigenvalue weighted by atomic mass is 32.2. The summed E-state index contributed by atoms with van der Waals surface area (Å²) in [6.45, 7) is 4.90. The molecule has 7 nitrogen and oxygen atoms in total. The van der Waals surface area contributed by atoms with Crippen LogP contribution in [0.5, 0.6) is 0 Å². The largest absolute Gasteiger partial charge is 0.460 e. The summed E-state index contributed by atoms with van der Waals surface area (Å²) in [4.78, 5) is 12.1. The molecule has 28 heavy (non-hydrogen) atoms. The molecule has 0 radical (unpaired) electrons. The second-order valence-corrected chi connectivity index (χ2v) is 7.99. The lowest BCUT2D eigenvalue weighted by Crippen LogP contribution is -2.19. The van der Waals surface area contributed by atoms with Crippen LogP contribution in [0.2, 0.25) is 0 Å². The molecular weight excluding hydrogens is 384 g/mol. The molecule has 0 spiro atoms. The molecule has 0 amide bonds. The van der Waals surface area contributed by atoms with Gasteiger partial charge in [0, 0.05) is 7.11 Å². The lowest BCUT2D eigenvalue weighted by Gasteiger charge is -2.15. The van der Waals surface area contributed by atoms with E-state index < -0.39 is 22.2 Å². The summed E-state index contributed by atoms with van der Waals surface area (Å²) in [6, 6.07) is 5.90. The Bertz CT molecular complexity index is 673. The van der Waals surface area contributed by atoms with Crippen LogP contribution >= 0.6 is 0 Å². The highest BCUT2D eigenvalue weighted by molar-refractivity contribution is 7.86. The van der Waals surface area contributed by atoms with Crippen molar-refractivity contribution in [3.05, 3.63) is 29.8 Å². The van der Waals surface area contributed by atoms with Gasteiger partial charge in [-0.25, -0.2) is 4.79 Å². The zero-order chi connectivity index (χ0) is 20.8. The van der Waals surface area contributed by atoms with Crippen LogP contribution in [0.25, 0.3) is 0 Å². The highest BCUT2D eigenvalue weighted by Crippen LogP contribution is 2.21. The van der Waals surface area contributed by atoms with Crippen LogP contribution in [0, 0.1) is 0 Å². The molecule has 0 heterocycles. The van der Waals surface area contributed by atoms with Crippen LogP contribution in [0.15, 0.2) is 29.2 Å². The van der Waals surface area contributed by atoms with Crippen LogP contribution in [0.1, 0.15) is 56.3 Å². The molecule has 0 aliphatic carbocycles. The third kappa shape index (κ3) is 9.14. The topological polar surface area (TPSA) is 88.1 Å². The van der Waals surface area contributed by atoms with Crippen molar-refractivity contribution in [2.45, 2.75) is 57.0 Å². The first-order valence-electron chi connectivity index (χ1n) is 9.68. The van der Waals surface area contributed by atoms with Crippen LogP contribution in [0.4, 0.5) is 0 Å². The Balaban J connectivity index is 2.66. The first kappa shape index (κ1) is 24.6. The number of hydrogen-bond donors (Lipinski definition) is 0. The molecule has 1 atom stereocenters. The van der Waals surface area contributed by atoms with Crippen molar-refractivity contribution in [1.29, 1.82) is 0 Å². The molecule has 1 aromatic rings. The predicted octanol–water partition coefficient (Wildman–Crippen LogP) is 3.57. The number of ether oxygens (including phenoxy) is 3. The van der Waals surface area contributed by atoms with E-state index in [0.717, 1.165) is 25.7 Å². The van der Waals surface area contributed by atoms with Gasteiger partial charge >= 0.3 is 5.97 Å². The Labute approximate surface area is 168 Å². The molecule has 0 fully saturated rings. The van der Waals surface area contributed by atoms with E-state index in [1.165, 1.54) is 12.1 Å². The van der Waals surface area contributed by atoms with Crippen molar-refractivity contribution in [2.75, 3.05) is 33.5 Å². The maximum absolute atomic E-state index is 12.6. The number of methoxy groups -OCH3 is 1. The van der Waals surface area contributed by atoms with E-state index in [9.17, 15) is 13.2 Å². The first-order valence-corrected chi connectivity index (χ1v) is 11.1. The zero-order valence-electron chi connectivity index (χ0n) is 17.0. The van der Waals surface area contributed by atoms with Crippen molar-refractivity contribution < 1.29 is 31.6 Å². The third-order valence-corrected chi connectivity index (χ3v) is 5.50. The average molecular weight is 417 g/mol. The highest BCUT2D eigenvalue weighted by Gasteiger charge is 2.25.